The molecule has 1 aliphatic rings. The number of hydrogen-bond donors (Lipinski definition) is 2. The molecule has 0 unspecified atom stereocenters. The lowest BCUT2D eigenvalue weighted by molar-refractivity contribution is -0.138. The largest absolute Gasteiger partial charge is 0.463 e. The third-order valence-corrected chi connectivity index (χ3v) is 5.02. The Balaban J connectivity index is 1.84. The van der Waals surface area contributed by atoms with E-state index in [0.29, 0.717) is 17.0 Å². The van der Waals surface area contributed by atoms with Crippen molar-refractivity contribution in [2.45, 2.75) is 32.0 Å². The molecule has 2 aromatic rings. The minimum Gasteiger partial charge on any atom is -0.463 e. The van der Waals surface area contributed by atoms with E-state index in [2.05, 4.69) is 32.7 Å². The maximum atomic E-state index is 12.2. The van der Waals surface area contributed by atoms with Gasteiger partial charge in [0.15, 0.2) is 11.0 Å². The van der Waals surface area contributed by atoms with Gasteiger partial charge in [-0.3, -0.25) is 4.98 Å². The summed E-state index contributed by atoms with van der Waals surface area (Å²) < 4.78 is 7.12. The van der Waals surface area contributed by atoms with E-state index in [1.165, 1.54) is 11.8 Å². The fourth-order valence-corrected chi connectivity index (χ4v) is 3.69. The summed E-state index contributed by atoms with van der Waals surface area (Å²) in [5, 5.41) is 14.7. The fourth-order valence-electron chi connectivity index (χ4n) is 2.74. The summed E-state index contributed by atoms with van der Waals surface area (Å²) in [5.74, 6) is 0.707. The number of pyridine rings is 1. The van der Waals surface area contributed by atoms with Crippen LogP contribution < -0.4 is 10.6 Å². The molecule has 2 amide bonds. The van der Waals surface area contributed by atoms with Crippen LogP contribution in [-0.2, 0) is 16.1 Å². The van der Waals surface area contributed by atoms with Gasteiger partial charge in [-0.15, -0.1) is 10.2 Å². The summed E-state index contributed by atoms with van der Waals surface area (Å²) in [6.45, 7) is 5.00. The number of thioether (sulfide) groups is 1. The second-order valence-electron chi connectivity index (χ2n) is 5.97. The van der Waals surface area contributed by atoms with Gasteiger partial charge in [0.05, 0.1) is 18.7 Å². The molecule has 0 bridgehead atoms. The molecule has 0 saturated carbocycles. The van der Waals surface area contributed by atoms with E-state index < -0.39 is 5.97 Å². The predicted molar refractivity (Wildman–Crippen MR) is 104 cm³/mol. The van der Waals surface area contributed by atoms with Gasteiger partial charge in [0, 0.05) is 36.0 Å². The van der Waals surface area contributed by atoms with Gasteiger partial charge in [0.1, 0.15) is 0 Å². The van der Waals surface area contributed by atoms with Gasteiger partial charge in [0.2, 0.25) is 0 Å². The fraction of sp³-hybridized carbons (Fsp3) is 0.389. The van der Waals surface area contributed by atoms with Crippen LogP contribution in [0.25, 0.3) is 11.4 Å². The summed E-state index contributed by atoms with van der Waals surface area (Å²) in [6, 6.07) is 3.44. The number of carbonyl (C=O) groups is 2. The minimum atomic E-state index is -0.432. The highest BCUT2D eigenvalue weighted by molar-refractivity contribution is 7.99. The van der Waals surface area contributed by atoms with Crippen molar-refractivity contribution in [2.75, 3.05) is 18.9 Å². The van der Waals surface area contributed by atoms with Crippen molar-refractivity contribution < 1.29 is 14.3 Å². The van der Waals surface area contributed by atoms with Crippen molar-refractivity contribution in [2.24, 2.45) is 0 Å². The average Bonchev–Trinajstić information content (AvgIpc) is 3.10. The molecule has 148 valence electrons. The van der Waals surface area contributed by atoms with E-state index in [0.717, 1.165) is 29.5 Å². The lowest BCUT2D eigenvalue weighted by Crippen LogP contribution is -2.44. The first-order valence-electron chi connectivity index (χ1n) is 9.04. The topological polar surface area (TPSA) is 111 Å². The van der Waals surface area contributed by atoms with Crippen LogP contribution in [0.1, 0.15) is 20.3 Å². The summed E-state index contributed by atoms with van der Waals surface area (Å²) >= 11 is 1.42. The highest BCUT2D eigenvalue weighted by atomic mass is 32.2. The molecule has 3 rings (SSSR count). The third kappa shape index (κ3) is 4.50. The SMILES string of the molecule is CCCn1c(SCC2=C(C(=O)OCC)CNC(=O)N2)nnc1-c1ccncc1. The number of hydrogen-bond acceptors (Lipinski definition) is 7. The molecule has 0 saturated heterocycles. The summed E-state index contributed by atoms with van der Waals surface area (Å²) in [4.78, 5) is 27.9. The quantitative estimate of drug-likeness (QED) is 0.513. The molecule has 0 radical (unpaired) electrons. The molecular weight excluding hydrogens is 380 g/mol. The van der Waals surface area contributed by atoms with Gasteiger partial charge in [-0.05, 0) is 25.5 Å². The smallest absolute Gasteiger partial charge is 0.337 e. The number of aromatic nitrogens is 4. The third-order valence-electron chi connectivity index (χ3n) is 4.02. The van der Waals surface area contributed by atoms with E-state index in [-0.39, 0.29) is 19.2 Å². The van der Waals surface area contributed by atoms with Gasteiger partial charge in [0.25, 0.3) is 0 Å². The van der Waals surface area contributed by atoms with Crippen molar-refractivity contribution in [1.29, 1.82) is 0 Å². The van der Waals surface area contributed by atoms with E-state index in [9.17, 15) is 9.59 Å². The van der Waals surface area contributed by atoms with Crippen molar-refractivity contribution >= 4 is 23.8 Å². The number of nitrogens with zero attached hydrogens (tertiary/aromatic N) is 4. The Labute approximate surface area is 167 Å². The first kappa shape index (κ1) is 19.9. The van der Waals surface area contributed by atoms with Crippen molar-refractivity contribution in [3.8, 4) is 11.4 Å². The molecule has 2 aromatic heterocycles. The lowest BCUT2D eigenvalue weighted by atomic mass is 10.2. The van der Waals surface area contributed by atoms with Crippen LogP contribution in [-0.4, -0.2) is 50.7 Å². The number of rotatable bonds is 8. The van der Waals surface area contributed by atoms with Crippen molar-refractivity contribution in [3.05, 3.63) is 35.8 Å². The molecule has 2 N–H and O–H groups in total. The van der Waals surface area contributed by atoms with Gasteiger partial charge < -0.3 is 19.9 Å². The number of urea groups is 1. The van der Waals surface area contributed by atoms with Crippen LogP contribution in [0.5, 0.6) is 0 Å². The molecule has 28 heavy (non-hydrogen) atoms. The number of carbonyl (C=O) groups excluding carboxylic acids is 2. The Kier molecular flexibility index (Phi) is 6.64. The Bertz CT molecular complexity index is 881. The van der Waals surface area contributed by atoms with Crippen molar-refractivity contribution in [1.82, 2.24) is 30.4 Å². The monoisotopic (exact) mass is 402 g/mol. The zero-order chi connectivity index (χ0) is 19.9. The second kappa shape index (κ2) is 9.36. The van der Waals surface area contributed by atoms with E-state index in [1.54, 1.807) is 19.3 Å². The molecule has 0 aliphatic carbocycles. The Morgan fingerprint density at radius 2 is 2.07 bits per heavy atom. The standard InChI is InChI=1S/C18H22N6O3S/c1-3-9-24-15(12-5-7-19-8-6-12)22-23-18(24)28-11-14-13(16(25)27-4-2)10-20-17(26)21-14/h5-8H,3-4,9-11H2,1-2H3,(H2,20,21,26). The Hall–Kier alpha value is -2.88. The zero-order valence-corrected chi connectivity index (χ0v) is 16.6. The maximum Gasteiger partial charge on any atom is 0.337 e. The van der Waals surface area contributed by atoms with E-state index >= 15 is 0 Å². The molecule has 3 heterocycles. The molecule has 1 aliphatic heterocycles. The summed E-state index contributed by atoms with van der Waals surface area (Å²) in [6.07, 6.45) is 4.35. The van der Waals surface area contributed by atoms with Crippen LogP contribution in [0.3, 0.4) is 0 Å². The Morgan fingerprint density at radius 1 is 1.29 bits per heavy atom. The highest BCUT2D eigenvalue weighted by Crippen LogP contribution is 2.26. The van der Waals surface area contributed by atoms with Crippen LogP contribution in [0, 0.1) is 0 Å². The second-order valence-corrected chi connectivity index (χ2v) is 6.91. The predicted octanol–water partition coefficient (Wildman–Crippen LogP) is 1.97. The van der Waals surface area contributed by atoms with Gasteiger partial charge in [-0.1, -0.05) is 18.7 Å². The highest BCUT2D eigenvalue weighted by Gasteiger charge is 2.24. The first-order chi connectivity index (χ1) is 13.6. The molecule has 9 nitrogen and oxygen atoms in total. The molecule has 10 heteroatoms. The number of esters is 1. The minimum absolute atomic E-state index is 0.143. The molecule has 0 atom stereocenters. The Morgan fingerprint density at radius 3 is 2.79 bits per heavy atom. The molecule has 0 aromatic carbocycles. The summed E-state index contributed by atoms with van der Waals surface area (Å²) in [5.41, 5.74) is 1.89. The van der Waals surface area contributed by atoms with Gasteiger partial charge in [-0.2, -0.15) is 0 Å². The average molecular weight is 402 g/mol. The summed E-state index contributed by atoms with van der Waals surface area (Å²) in [7, 11) is 0. The van der Waals surface area contributed by atoms with E-state index in [1.807, 2.05) is 16.7 Å². The van der Waals surface area contributed by atoms with Gasteiger partial charge >= 0.3 is 12.0 Å². The number of amides is 2. The van der Waals surface area contributed by atoms with Crippen LogP contribution >= 0.6 is 11.8 Å². The lowest BCUT2D eigenvalue weighted by Gasteiger charge is -2.21. The maximum absolute atomic E-state index is 12.2. The molecule has 0 fully saturated rings. The molecule has 0 spiro atoms. The van der Waals surface area contributed by atoms with Crippen molar-refractivity contribution in [3.63, 3.8) is 0 Å². The van der Waals surface area contributed by atoms with Crippen LogP contribution in [0.15, 0.2) is 41.0 Å². The first-order valence-corrected chi connectivity index (χ1v) is 10.0. The number of nitrogens with one attached hydrogen (secondary N) is 2. The van der Waals surface area contributed by atoms with Crippen LogP contribution in [0.2, 0.25) is 0 Å². The molecular formula is C18H22N6O3S. The normalized spacial score (nSPS) is 13.9. The van der Waals surface area contributed by atoms with Crippen LogP contribution in [0.4, 0.5) is 4.79 Å². The van der Waals surface area contributed by atoms with E-state index in [4.69, 9.17) is 4.74 Å². The van der Waals surface area contributed by atoms with Gasteiger partial charge in [-0.25, -0.2) is 9.59 Å². The number of ether oxygens (including phenoxy) is 1. The zero-order valence-electron chi connectivity index (χ0n) is 15.8.